The minimum atomic E-state index is -0.491. The molecule has 1 amide bonds. The second kappa shape index (κ2) is 11.4. The van der Waals surface area contributed by atoms with Gasteiger partial charge < -0.3 is 13.9 Å². The van der Waals surface area contributed by atoms with Crippen LogP contribution in [0.25, 0.3) is 11.0 Å². The van der Waals surface area contributed by atoms with Crippen molar-refractivity contribution in [2.45, 2.75) is 6.61 Å². The summed E-state index contributed by atoms with van der Waals surface area (Å²) in [7, 11) is 1.52. The lowest BCUT2D eigenvalue weighted by Crippen LogP contribution is -2.16. The van der Waals surface area contributed by atoms with E-state index in [0.29, 0.717) is 22.6 Å². The number of methoxy groups -OCH3 is 1. The number of nitro benzene ring substituents is 1. The van der Waals surface area contributed by atoms with Crippen LogP contribution in [0.2, 0.25) is 0 Å². The van der Waals surface area contributed by atoms with E-state index in [0.717, 1.165) is 23.5 Å². The number of amides is 1. The first-order chi connectivity index (χ1) is 17.2. The first-order valence-electron chi connectivity index (χ1n) is 10.2. The molecule has 0 saturated heterocycles. The van der Waals surface area contributed by atoms with Crippen molar-refractivity contribution >= 4 is 83.2 Å². The fourth-order valence-electron chi connectivity index (χ4n) is 3.23. The van der Waals surface area contributed by atoms with Gasteiger partial charge in [0.25, 0.3) is 5.69 Å². The van der Waals surface area contributed by atoms with E-state index in [1.165, 1.54) is 25.5 Å². The number of carbonyl (C=O) groups is 1. The van der Waals surface area contributed by atoms with E-state index < -0.39 is 10.8 Å². The summed E-state index contributed by atoms with van der Waals surface area (Å²) >= 11 is 8.94. The van der Waals surface area contributed by atoms with Crippen LogP contribution in [0.4, 0.5) is 5.69 Å². The van der Waals surface area contributed by atoms with Crippen molar-refractivity contribution in [3.63, 3.8) is 0 Å². The minimum absolute atomic E-state index is 0.0166. The summed E-state index contributed by atoms with van der Waals surface area (Å²) in [6, 6.07) is 15.0. The second-order valence-electron chi connectivity index (χ2n) is 7.36. The third kappa shape index (κ3) is 6.05. The smallest absolute Gasteiger partial charge is 0.307 e. The SMILES string of the molecule is COc1cc(/C=N\NC(=O)c2cc3cc(Br)cc(Br)c3o2)cc(I)c1OCc1ccc([N+](=O)[O-])cc1. The minimum Gasteiger partial charge on any atom is -0.493 e. The van der Waals surface area contributed by atoms with Gasteiger partial charge in [0.1, 0.15) is 12.2 Å². The molecule has 4 rings (SSSR count). The van der Waals surface area contributed by atoms with Crippen LogP contribution < -0.4 is 14.9 Å². The molecular weight excluding hydrogens is 713 g/mol. The highest BCUT2D eigenvalue weighted by molar-refractivity contribution is 14.1. The Morgan fingerprint density at radius 3 is 2.64 bits per heavy atom. The van der Waals surface area contributed by atoms with E-state index >= 15 is 0 Å². The van der Waals surface area contributed by atoms with Gasteiger partial charge in [-0.25, -0.2) is 5.43 Å². The van der Waals surface area contributed by atoms with Crippen molar-refractivity contribution in [2.75, 3.05) is 7.11 Å². The Bertz CT molecular complexity index is 1490. The molecule has 0 atom stereocenters. The lowest BCUT2D eigenvalue weighted by Gasteiger charge is -2.13. The lowest BCUT2D eigenvalue weighted by atomic mass is 10.2. The van der Waals surface area contributed by atoms with Gasteiger partial charge in [-0.1, -0.05) is 15.9 Å². The third-order valence-electron chi connectivity index (χ3n) is 4.92. The molecule has 36 heavy (non-hydrogen) atoms. The van der Waals surface area contributed by atoms with Crippen LogP contribution in [0.3, 0.4) is 0 Å². The maximum atomic E-state index is 12.5. The van der Waals surface area contributed by atoms with Gasteiger partial charge in [0.15, 0.2) is 17.3 Å². The summed E-state index contributed by atoms with van der Waals surface area (Å²) in [6.45, 7) is 0.206. The number of hydrogen-bond acceptors (Lipinski definition) is 7. The van der Waals surface area contributed by atoms with Crippen molar-refractivity contribution in [1.82, 2.24) is 5.43 Å². The molecule has 1 N–H and O–H groups in total. The Morgan fingerprint density at radius 2 is 1.94 bits per heavy atom. The standard InChI is InChI=1S/C24H16Br2IN3O6/c1-34-20-7-14(6-19(27)23(20)35-12-13-2-4-17(5-3-13)30(32)33)11-28-29-24(31)21-9-15-8-16(25)10-18(26)22(15)36-21/h2-11H,12H2,1H3,(H,29,31)/b28-11-. The fraction of sp³-hybridized carbons (Fsp3) is 0.0833. The number of ether oxygens (including phenoxy) is 2. The molecule has 0 unspecified atom stereocenters. The molecule has 0 aliphatic carbocycles. The summed E-state index contributed by atoms with van der Waals surface area (Å²) < 4.78 is 19.4. The molecule has 4 aromatic rings. The topological polar surface area (TPSA) is 116 Å². The molecule has 0 spiro atoms. The first-order valence-corrected chi connectivity index (χ1v) is 12.9. The third-order valence-corrected chi connectivity index (χ3v) is 6.77. The number of nitro groups is 1. The maximum Gasteiger partial charge on any atom is 0.307 e. The van der Waals surface area contributed by atoms with Crippen molar-refractivity contribution in [2.24, 2.45) is 5.10 Å². The molecule has 1 heterocycles. The zero-order valence-corrected chi connectivity index (χ0v) is 23.8. The molecule has 0 bridgehead atoms. The maximum absolute atomic E-state index is 12.5. The van der Waals surface area contributed by atoms with Gasteiger partial charge in [-0.15, -0.1) is 0 Å². The van der Waals surface area contributed by atoms with Crippen molar-refractivity contribution in [3.05, 3.63) is 94.1 Å². The van der Waals surface area contributed by atoms with E-state index in [1.807, 2.05) is 18.2 Å². The summed E-state index contributed by atoms with van der Waals surface area (Å²) in [4.78, 5) is 22.9. The first kappa shape index (κ1) is 26.1. The highest BCUT2D eigenvalue weighted by Crippen LogP contribution is 2.34. The van der Waals surface area contributed by atoms with Gasteiger partial charge in [-0.2, -0.15) is 5.10 Å². The van der Waals surface area contributed by atoms with Crippen molar-refractivity contribution in [3.8, 4) is 11.5 Å². The lowest BCUT2D eigenvalue weighted by molar-refractivity contribution is -0.384. The molecule has 0 aliphatic rings. The van der Waals surface area contributed by atoms with Crippen LogP contribution in [0.1, 0.15) is 21.7 Å². The normalized spacial score (nSPS) is 11.1. The number of benzene rings is 3. The number of nitrogens with zero attached hydrogens (tertiary/aromatic N) is 2. The predicted molar refractivity (Wildman–Crippen MR) is 150 cm³/mol. The van der Waals surface area contributed by atoms with Crippen LogP contribution in [0, 0.1) is 13.7 Å². The predicted octanol–water partition coefficient (Wildman–Crippen LogP) is 6.82. The monoisotopic (exact) mass is 727 g/mol. The van der Waals surface area contributed by atoms with Crippen LogP contribution in [-0.2, 0) is 6.61 Å². The summed E-state index contributed by atoms with van der Waals surface area (Å²) in [6.07, 6.45) is 1.48. The largest absolute Gasteiger partial charge is 0.493 e. The molecule has 184 valence electrons. The summed E-state index contributed by atoms with van der Waals surface area (Å²) in [5.74, 6) is 0.638. The van der Waals surface area contributed by atoms with Crippen LogP contribution in [-0.4, -0.2) is 24.2 Å². The van der Waals surface area contributed by atoms with Crippen LogP contribution in [0.5, 0.6) is 11.5 Å². The molecular formula is C24H16Br2IN3O6. The van der Waals surface area contributed by atoms with Gasteiger partial charge in [0.2, 0.25) is 0 Å². The Kier molecular flexibility index (Phi) is 8.26. The van der Waals surface area contributed by atoms with E-state index in [2.05, 4.69) is 65.0 Å². The average molecular weight is 729 g/mol. The molecule has 0 radical (unpaired) electrons. The van der Waals surface area contributed by atoms with Crippen molar-refractivity contribution in [1.29, 1.82) is 0 Å². The zero-order chi connectivity index (χ0) is 25.8. The number of non-ortho nitro benzene ring substituents is 1. The van der Waals surface area contributed by atoms with Gasteiger partial charge in [0, 0.05) is 22.0 Å². The quantitative estimate of drug-likeness (QED) is 0.0922. The number of furan rings is 1. The molecule has 0 aliphatic heterocycles. The number of fused-ring (bicyclic) bond motifs is 1. The Labute approximate surface area is 235 Å². The molecule has 0 fully saturated rings. The number of hydrazone groups is 1. The molecule has 3 aromatic carbocycles. The summed E-state index contributed by atoms with van der Waals surface area (Å²) in [5, 5.41) is 15.6. The average Bonchev–Trinajstić information content (AvgIpc) is 3.28. The van der Waals surface area contributed by atoms with Gasteiger partial charge in [-0.3, -0.25) is 14.9 Å². The van der Waals surface area contributed by atoms with Crippen LogP contribution in [0.15, 0.2) is 73.1 Å². The molecule has 0 saturated carbocycles. The van der Waals surface area contributed by atoms with Crippen molar-refractivity contribution < 1.29 is 23.6 Å². The Hall–Kier alpha value is -2.97. The number of halogens is 3. The fourth-order valence-corrected chi connectivity index (χ4v) is 5.35. The van der Waals surface area contributed by atoms with Gasteiger partial charge in [0.05, 0.1) is 26.3 Å². The van der Waals surface area contributed by atoms with Gasteiger partial charge in [-0.05, 0) is 92.1 Å². The zero-order valence-electron chi connectivity index (χ0n) is 18.5. The highest BCUT2D eigenvalue weighted by atomic mass is 127. The number of hydrogen-bond donors (Lipinski definition) is 1. The number of rotatable bonds is 8. The number of carbonyl (C=O) groups excluding carboxylic acids is 1. The van der Waals surface area contributed by atoms with Crippen LogP contribution >= 0.6 is 54.5 Å². The van der Waals surface area contributed by atoms with Gasteiger partial charge >= 0.3 is 5.91 Å². The van der Waals surface area contributed by atoms with E-state index in [-0.39, 0.29) is 18.1 Å². The Morgan fingerprint density at radius 1 is 1.19 bits per heavy atom. The molecule has 12 heteroatoms. The van der Waals surface area contributed by atoms with E-state index in [1.54, 1.807) is 24.3 Å². The summed E-state index contributed by atoms with van der Waals surface area (Å²) in [5.41, 5.74) is 4.49. The second-order valence-corrected chi connectivity index (χ2v) is 10.3. The van der Waals surface area contributed by atoms with E-state index in [4.69, 9.17) is 13.9 Å². The molecule has 1 aromatic heterocycles. The highest BCUT2D eigenvalue weighted by Gasteiger charge is 2.15. The number of nitrogens with one attached hydrogen (secondary N) is 1. The Balaban J connectivity index is 1.44. The molecule has 9 nitrogen and oxygen atoms in total. The van der Waals surface area contributed by atoms with E-state index in [9.17, 15) is 14.9 Å².